The number of nitrogens with two attached hydrogens (primary N) is 1. The number of hydrogen-bond donors (Lipinski definition) is 3. The zero-order valence-electron chi connectivity index (χ0n) is 16.7. The number of carbonyl (C=O) groups is 1. The van der Waals surface area contributed by atoms with Crippen LogP contribution in [-0.4, -0.2) is 61.2 Å². The number of nitrogens with one attached hydrogen (secondary N) is 1. The van der Waals surface area contributed by atoms with Crippen molar-refractivity contribution in [1.82, 2.24) is 10.2 Å². The number of aliphatic hydroxyl groups excluding tert-OH is 1. The average molecular weight is 379 g/mol. The summed E-state index contributed by atoms with van der Waals surface area (Å²) in [5.41, 5.74) is 6.14. The van der Waals surface area contributed by atoms with Gasteiger partial charge in [0.25, 0.3) is 0 Å². The second kappa shape index (κ2) is 17.2. The van der Waals surface area contributed by atoms with E-state index in [1.165, 1.54) is 0 Å². The predicted molar refractivity (Wildman–Crippen MR) is 111 cm³/mol. The van der Waals surface area contributed by atoms with Crippen LogP contribution in [0.1, 0.15) is 27.2 Å². The van der Waals surface area contributed by atoms with Crippen LogP contribution in [0.2, 0.25) is 0 Å². The van der Waals surface area contributed by atoms with Gasteiger partial charge in [0.15, 0.2) is 0 Å². The fraction of sp³-hybridized carbons (Fsp3) is 0.500. The number of carbonyl (C=O) groups excluding carboxylic acids is 1. The van der Waals surface area contributed by atoms with Gasteiger partial charge in [-0.2, -0.15) is 0 Å². The highest BCUT2D eigenvalue weighted by molar-refractivity contribution is 5.87. The number of amidine groups is 1. The fourth-order valence-corrected chi connectivity index (χ4v) is 2.08. The van der Waals surface area contributed by atoms with Crippen LogP contribution in [0.3, 0.4) is 0 Å². The van der Waals surface area contributed by atoms with Crippen LogP contribution in [-0.2, 0) is 9.53 Å². The number of aliphatic imine (C=N–C) groups is 1. The molecular formula is C20H34N4O3. The van der Waals surface area contributed by atoms with Crippen LogP contribution >= 0.6 is 0 Å². The molecule has 152 valence electrons. The maximum Gasteiger partial charge on any atom is 0.231 e. The zero-order valence-corrected chi connectivity index (χ0v) is 16.7. The lowest BCUT2D eigenvalue weighted by molar-refractivity contribution is -0.117. The van der Waals surface area contributed by atoms with E-state index in [2.05, 4.69) is 10.3 Å². The molecule has 0 heterocycles. The second-order valence-corrected chi connectivity index (χ2v) is 5.66. The maximum atomic E-state index is 11.0. The molecule has 0 aliphatic rings. The highest BCUT2D eigenvalue weighted by atomic mass is 16.5. The van der Waals surface area contributed by atoms with Crippen molar-refractivity contribution in [3.05, 3.63) is 48.4 Å². The Hall–Kier alpha value is -2.22. The molecule has 0 rings (SSSR count). The minimum absolute atomic E-state index is 0.0765. The van der Waals surface area contributed by atoms with E-state index < -0.39 is 5.91 Å². The van der Waals surface area contributed by atoms with E-state index in [4.69, 9.17) is 10.5 Å². The van der Waals surface area contributed by atoms with E-state index in [0.29, 0.717) is 32.7 Å². The molecule has 0 aliphatic carbocycles. The quantitative estimate of drug-likeness (QED) is 0.185. The minimum atomic E-state index is -0.422. The lowest BCUT2D eigenvalue weighted by Crippen LogP contribution is -2.40. The first-order valence-electron chi connectivity index (χ1n) is 9.14. The van der Waals surface area contributed by atoms with Crippen LogP contribution in [0.15, 0.2) is 53.3 Å². The van der Waals surface area contributed by atoms with Gasteiger partial charge in [0.2, 0.25) is 5.91 Å². The van der Waals surface area contributed by atoms with E-state index in [1.807, 2.05) is 62.1 Å². The first-order valence-corrected chi connectivity index (χ1v) is 9.14. The van der Waals surface area contributed by atoms with E-state index in [0.717, 1.165) is 11.5 Å². The molecule has 7 nitrogen and oxygen atoms in total. The SMILES string of the molecule is C/C=C\C=C/COC/C=C(\C)N(CCCO)/C(CNCC(N)=O)=N\C=C\C. The van der Waals surface area contributed by atoms with E-state index in [1.54, 1.807) is 6.20 Å². The third-order valence-corrected chi connectivity index (χ3v) is 3.38. The number of rotatable bonds is 14. The summed E-state index contributed by atoms with van der Waals surface area (Å²) in [6, 6.07) is 0. The molecule has 7 heteroatoms. The Kier molecular flexibility index (Phi) is 15.8. The smallest absolute Gasteiger partial charge is 0.231 e. The van der Waals surface area contributed by atoms with Crippen molar-refractivity contribution >= 4 is 11.7 Å². The monoisotopic (exact) mass is 378 g/mol. The highest BCUT2D eigenvalue weighted by Crippen LogP contribution is 2.07. The second-order valence-electron chi connectivity index (χ2n) is 5.66. The lowest BCUT2D eigenvalue weighted by Gasteiger charge is -2.27. The van der Waals surface area contributed by atoms with Gasteiger partial charge in [-0.15, -0.1) is 0 Å². The Morgan fingerprint density at radius 2 is 2.00 bits per heavy atom. The highest BCUT2D eigenvalue weighted by Gasteiger charge is 2.13. The fourth-order valence-electron chi connectivity index (χ4n) is 2.08. The van der Waals surface area contributed by atoms with E-state index in [9.17, 15) is 9.90 Å². The number of hydrogen-bond acceptors (Lipinski definition) is 5. The predicted octanol–water partition coefficient (Wildman–Crippen LogP) is 1.73. The summed E-state index contributed by atoms with van der Waals surface area (Å²) in [5, 5.41) is 12.2. The third-order valence-electron chi connectivity index (χ3n) is 3.38. The number of primary amides is 1. The van der Waals surface area contributed by atoms with Gasteiger partial charge in [-0.1, -0.05) is 30.4 Å². The molecule has 27 heavy (non-hydrogen) atoms. The molecule has 0 saturated carbocycles. The van der Waals surface area contributed by atoms with Crippen LogP contribution in [0, 0.1) is 0 Å². The van der Waals surface area contributed by atoms with Gasteiger partial charge in [0, 0.05) is 25.0 Å². The molecule has 0 radical (unpaired) electrons. The summed E-state index contributed by atoms with van der Waals surface area (Å²) in [6.45, 7) is 7.96. The van der Waals surface area contributed by atoms with Gasteiger partial charge in [-0.3, -0.25) is 4.79 Å². The Labute approximate surface area is 163 Å². The van der Waals surface area contributed by atoms with Crippen molar-refractivity contribution in [2.75, 3.05) is 39.5 Å². The van der Waals surface area contributed by atoms with Gasteiger partial charge in [-0.05, 0) is 33.3 Å². The van der Waals surface area contributed by atoms with Crippen molar-refractivity contribution in [3.8, 4) is 0 Å². The van der Waals surface area contributed by atoms with Crippen molar-refractivity contribution < 1.29 is 14.6 Å². The van der Waals surface area contributed by atoms with Gasteiger partial charge < -0.3 is 25.8 Å². The molecule has 4 N–H and O–H groups in total. The molecule has 0 spiro atoms. The standard InChI is InChI=1S/C20H34N4O3/c1-4-6-7-8-14-27-15-10-18(3)24(12-9-13-25)20(23-11-5-2)17-22-16-19(21)26/h4-8,10-11,22,25H,9,12-17H2,1-3H3,(H2,21,26)/b6-4-,8-7-,11-5+,18-10+,23-20-. The number of allylic oxidation sites excluding steroid dienone is 5. The maximum absolute atomic E-state index is 11.0. The Bertz CT molecular complexity index is 551. The minimum Gasteiger partial charge on any atom is -0.396 e. The average Bonchev–Trinajstić information content (AvgIpc) is 2.64. The summed E-state index contributed by atoms with van der Waals surface area (Å²) < 4.78 is 5.58. The van der Waals surface area contributed by atoms with E-state index in [-0.39, 0.29) is 13.2 Å². The molecule has 0 saturated heterocycles. The zero-order chi connectivity index (χ0) is 20.3. The molecule has 0 fully saturated rings. The van der Waals surface area contributed by atoms with Crippen LogP contribution in [0.4, 0.5) is 0 Å². The number of aliphatic hydroxyl groups is 1. The Morgan fingerprint density at radius 3 is 2.63 bits per heavy atom. The van der Waals surface area contributed by atoms with Crippen LogP contribution in [0.25, 0.3) is 0 Å². The number of ether oxygens (including phenoxy) is 1. The molecule has 0 aliphatic heterocycles. The Balaban J connectivity index is 5.01. The third kappa shape index (κ3) is 13.6. The molecule has 0 atom stereocenters. The molecule has 0 unspecified atom stereocenters. The van der Waals surface area contributed by atoms with Gasteiger partial charge in [0.1, 0.15) is 5.84 Å². The van der Waals surface area contributed by atoms with Gasteiger partial charge in [-0.25, -0.2) is 4.99 Å². The van der Waals surface area contributed by atoms with Gasteiger partial charge >= 0.3 is 0 Å². The molecule has 1 amide bonds. The van der Waals surface area contributed by atoms with Crippen LogP contribution in [0.5, 0.6) is 0 Å². The van der Waals surface area contributed by atoms with Gasteiger partial charge in [0.05, 0.1) is 26.3 Å². The Morgan fingerprint density at radius 1 is 1.22 bits per heavy atom. The van der Waals surface area contributed by atoms with Crippen molar-refractivity contribution in [3.63, 3.8) is 0 Å². The summed E-state index contributed by atoms with van der Waals surface area (Å²) >= 11 is 0. The first-order chi connectivity index (χ1) is 13.1. The molecule has 0 bridgehead atoms. The summed E-state index contributed by atoms with van der Waals surface area (Å²) in [5.74, 6) is 0.318. The first kappa shape index (κ1) is 24.8. The molecular weight excluding hydrogens is 344 g/mol. The molecule has 0 aromatic heterocycles. The van der Waals surface area contributed by atoms with Crippen molar-refractivity contribution in [1.29, 1.82) is 0 Å². The van der Waals surface area contributed by atoms with Crippen molar-refractivity contribution in [2.24, 2.45) is 10.7 Å². The summed E-state index contributed by atoms with van der Waals surface area (Å²) in [7, 11) is 0. The lowest BCUT2D eigenvalue weighted by atomic mass is 10.3. The summed E-state index contributed by atoms with van der Waals surface area (Å²) in [6.07, 6.45) is 13.9. The number of amides is 1. The largest absolute Gasteiger partial charge is 0.396 e. The number of nitrogens with zero attached hydrogens (tertiary/aromatic N) is 2. The normalized spacial score (nSPS) is 13.3. The van der Waals surface area contributed by atoms with E-state index >= 15 is 0 Å². The van der Waals surface area contributed by atoms with Crippen LogP contribution < -0.4 is 11.1 Å². The molecule has 0 aromatic rings. The topological polar surface area (TPSA) is 100 Å². The molecule has 0 aromatic carbocycles. The summed E-state index contributed by atoms with van der Waals surface area (Å²) in [4.78, 5) is 17.4. The van der Waals surface area contributed by atoms with Crippen molar-refractivity contribution in [2.45, 2.75) is 27.2 Å².